The summed E-state index contributed by atoms with van der Waals surface area (Å²) in [5, 5.41) is 4.90. The van der Waals surface area contributed by atoms with Crippen LogP contribution in [-0.2, 0) is 25.3 Å². The van der Waals surface area contributed by atoms with Crippen LogP contribution in [0, 0.1) is 0 Å². The van der Waals surface area contributed by atoms with Crippen molar-refractivity contribution >= 4 is 38.9 Å². The lowest BCUT2D eigenvalue weighted by molar-refractivity contribution is -0.115. The van der Waals surface area contributed by atoms with Crippen molar-refractivity contribution in [2.75, 3.05) is 5.32 Å². The van der Waals surface area contributed by atoms with Gasteiger partial charge >= 0.3 is 5.69 Å². The Labute approximate surface area is 175 Å². The van der Waals surface area contributed by atoms with E-state index in [1.54, 1.807) is 23.2 Å². The van der Waals surface area contributed by atoms with Crippen LogP contribution >= 0.6 is 11.3 Å². The summed E-state index contributed by atoms with van der Waals surface area (Å²) in [5.41, 5.74) is 4.99. The zero-order chi connectivity index (χ0) is 20.8. The number of rotatable bonds is 4. The standard InChI is InChI=1S/C22H19N5O2S/c1-25-18-9-8-15(10-19(18)26(2)22(25)29)23-20(28)11-16-13-30-21-24-17(12-27(16)21)14-6-4-3-5-7-14/h3-10,12-13H,11H2,1-2H3,(H,23,28). The Bertz CT molecular complexity index is 1460. The number of thiazole rings is 1. The largest absolute Gasteiger partial charge is 0.328 e. The third kappa shape index (κ3) is 3.02. The molecule has 8 heteroatoms. The Morgan fingerprint density at radius 1 is 1.07 bits per heavy atom. The first-order chi connectivity index (χ1) is 14.5. The number of imidazole rings is 2. The third-order valence-electron chi connectivity index (χ3n) is 5.25. The van der Waals surface area contributed by atoms with Crippen molar-refractivity contribution in [2.45, 2.75) is 6.42 Å². The van der Waals surface area contributed by atoms with Crippen molar-refractivity contribution in [2.24, 2.45) is 14.1 Å². The van der Waals surface area contributed by atoms with Crippen molar-refractivity contribution in [3.63, 3.8) is 0 Å². The van der Waals surface area contributed by atoms with Gasteiger partial charge < -0.3 is 5.32 Å². The van der Waals surface area contributed by atoms with Gasteiger partial charge in [-0.25, -0.2) is 9.78 Å². The zero-order valence-corrected chi connectivity index (χ0v) is 17.3. The van der Waals surface area contributed by atoms with E-state index in [1.165, 1.54) is 11.3 Å². The summed E-state index contributed by atoms with van der Waals surface area (Å²) in [6.07, 6.45) is 2.20. The molecule has 0 fully saturated rings. The maximum Gasteiger partial charge on any atom is 0.328 e. The Morgan fingerprint density at radius 3 is 2.63 bits per heavy atom. The van der Waals surface area contributed by atoms with Crippen LogP contribution in [0.15, 0.2) is 64.9 Å². The van der Waals surface area contributed by atoms with E-state index in [1.807, 2.05) is 64.5 Å². The number of nitrogens with zero attached hydrogens (tertiary/aromatic N) is 4. The second-order valence-corrected chi connectivity index (χ2v) is 8.04. The van der Waals surface area contributed by atoms with E-state index in [0.717, 1.165) is 32.9 Å². The van der Waals surface area contributed by atoms with Gasteiger partial charge in [-0.05, 0) is 18.2 Å². The quantitative estimate of drug-likeness (QED) is 0.487. The van der Waals surface area contributed by atoms with Crippen LogP contribution < -0.4 is 11.0 Å². The Hall–Kier alpha value is -3.65. The fraction of sp³-hybridized carbons (Fsp3) is 0.136. The number of nitrogens with one attached hydrogen (secondary N) is 1. The molecule has 150 valence electrons. The van der Waals surface area contributed by atoms with Gasteiger partial charge in [0.1, 0.15) is 0 Å². The summed E-state index contributed by atoms with van der Waals surface area (Å²) < 4.78 is 5.13. The van der Waals surface area contributed by atoms with Crippen LogP contribution in [0.1, 0.15) is 5.69 Å². The lowest BCUT2D eigenvalue weighted by atomic mass is 10.2. The molecule has 0 bridgehead atoms. The average molecular weight is 417 g/mol. The van der Waals surface area contributed by atoms with Gasteiger partial charge in [0, 0.05) is 42.6 Å². The van der Waals surface area contributed by atoms with Crippen LogP contribution in [-0.4, -0.2) is 24.4 Å². The molecule has 5 rings (SSSR count). The van der Waals surface area contributed by atoms with E-state index in [4.69, 9.17) is 0 Å². The molecule has 0 saturated heterocycles. The van der Waals surface area contributed by atoms with Gasteiger partial charge in [0.15, 0.2) is 4.96 Å². The lowest BCUT2D eigenvalue weighted by Crippen LogP contribution is -2.19. The highest BCUT2D eigenvalue weighted by Crippen LogP contribution is 2.24. The van der Waals surface area contributed by atoms with Gasteiger partial charge in [-0.15, -0.1) is 11.3 Å². The zero-order valence-electron chi connectivity index (χ0n) is 16.5. The third-order valence-corrected chi connectivity index (χ3v) is 6.14. The fourth-order valence-corrected chi connectivity index (χ4v) is 4.53. The summed E-state index contributed by atoms with van der Waals surface area (Å²) in [7, 11) is 3.46. The highest BCUT2D eigenvalue weighted by Gasteiger charge is 2.14. The minimum atomic E-state index is -0.120. The van der Waals surface area contributed by atoms with Crippen LogP contribution in [0.4, 0.5) is 5.69 Å². The molecule has 0 radical (unpaired) electrons. The van der Waals surface area contributed by atoms with E-state index >= 15 is 0 Å². The number of carbonyl (C=O) groups is 1. The molecule has 3 heterocycles. The number of amides is 1. The molecule has 0 saturated carbocycles. The number of aromatic nitrogens is 4. The first-order valence-electron chi connectivity index (χ1n) is 9.47. The number of anilines is 1. The maximum atomic E-state index is 12.7. The van der Waals surface area contributed by atoms with E-state index in [0.29, 0.717) is 5.69 Å². The van der Waals surface area contributed by atoms with Gasteiger partial charge in [0.05, 0.1) is 23.1 Å². The molecule has 30 heavy (non-hydrogen) atoms. The van der Waals surface area contributed by atoms with Crippen molar-refractivity contribution in [1.29, 1.82) is 0 Å². The van der Waals surface area contributed by atoms with Crippen molar-refractivity contribution in [3.8, 4) is 11.3 Å². The second kappa shape index (κ2) is 7.00. The summed E-state index contributed by atoms with van der Waals surface area (Å²) in [6, 6.07) is 15.5. The topological polar surface area (TPSA) is 73.3 Å². The molecule has 0 unspecified atom stereocenters. The number of aryl methyl sites for hydroxylation is 2. The first kappa shape index (κ1) is 18.4. The van der Waals surface area contributed by atoms with Crippen LogP contribution in [0.5, 0.6) is 0 Å². The molecule has 1 N–H and O–H groups in total. The number of benzene rings is 2. The van der Waals surface area contributed by atoms with Gasteiger partial charge in [0.2, 0.25) is 5.91 Å². The minimum Gasteiger partial charge on any atom is -0.326 e. The number of fused-ring (bicyclic) bond motifs is 2. The van der Waals surface area contributed by atoms with E-state index in [2.05, 4.69) is 10.3 Å². The lowest BCUT2D eigenvalue weighted by Gasteiger charge is -2.06. The smallest absolute Gasteiger partial charge is 0.326 e. The summed E-state index contributed by atoms with van der Waals surface area (Å²) in [4.78, 5) is 30.3. The van der Waals surface area contributed by atoms with Gasteiger partial charge in [-0.3, -0.25) is 18.3 Å². The fourth-order valence-electron chi connectivity index (χ4n) is 3.66. The van der Waals surface area contributed by atoms with Crippen molar-refractivity contribution in [1.82, 2.24) is 18.5 Å². The van der Waals surface area contributed by atoms with E-state index in [-0.39, 0.29) is 18.0 Å². The van der Waals surface area contributed by atoms with Crippen LogP contribution in [0.2, 0.25) is 0 Å². The van der Waals surface area contributed by atoms with Crippen molar-refractivity contribution in [3.05, 3.63) is 76.3 Å². The molecule has 2 aromatic carbocycles. The molecular weight excluding hydrogens is 398 g/mol. The van der Waals surface area contributed by atoms with E-state index < -0.39 is 0 Å². The van der Waals surface area contributed by atoms with Gasteiger partial charge in [-0.1, -0.05) is 30.3 Å². The predicted octanol–water partition coefficient (Wildman–Crippen LogP) is 3.43. The molecule has 0 aliphatic carbocycles. The van der Waals surface area contributed by atoms with Crippen LogP contribution in [0.25, 0.3) is 27.3 Å². The van der Waals surface area contributed by atoms with Crippen LogP contribution in [0.3, 0.4) is 0 Å². The Morgan fingerprint density at radius 2 is 1.83 bits per heavy atom. The Kier molecular flexibility index (Phi) is 4.29. The highest BCUT2D eigenvalue weighted by atomic mass is 32.1. The molecule has 7 nitrogen and oxygen atoms in total. The van der Waals surface area contributed by atoms with Gasteiger partial charge in [-0.2, -0.15) is 0 Å². The molecular formula is C22H19N5O2S. The predicted molar refractivity (Wildman–Crippen MR) is 119 cm³/mol. The van der Waals surface area contributed by atoms with Gasteiger partial charge in [0.25, 0.3) is 0 Å². The summed E-state index contributed by atoms with van der Waals surface area (Å²) >= 11 is 1.52. The number of hydrogen-bond donors (Lipinski definition) is 1. The second-order valence-electron chi connectivity index (χ2n) is 7.20. The maximum absolute atomic E-state index is 12.7. The average Bonchev–Trinajstić information content (AvgIpc) is 3.40. The molecule has 0 atom stereocenters. The Balaban J connectivity index is 1.38. The molecule has 0 spiro atoms. The summed E-state index contributed by atoms with van der Waals surface area (Å²) in [6.45, 7) is 0. The molecule has 0 aliphatic rings. The SMILES string of the molecule is Cn1c(=O)n(C)c2cc(NC(=O)Cc3csc4nc(-c5ccccc5)cn34)ccc21. The molecule has 3 aromatic heterocycles. The van der Waals surface area contributed by atoms with Crippen molar-refractivity contribution < 1.29 is 4.79 Å². The highest BCUT2D eigenvalue weighted by molar-refractivity contribution is 7.15. The molecule has 1 amide bonds. The van der Waals surface area contributed by atoms with E-state index in [9.17, 15) is 9.59 Å². The number of hydrogen-bond acceptors (Lipinski definition) is 4. The molecule has 0 aliphatic heterocycles. The molecule has 5 aromatic rings. The summed E-state index contributed by atoms with van der Waals surface area (Å²) in [5.74, 6) is -0.120. The minimum absolute atomic E-state index is 0.0940. The first-order valence-corrected chi connectivity index (χ1v) is 10.4. The normalized spacial score (nSPS) is 11.4. The number of carbonyl (C=O) groups excluding carboxylic acids is 1. The monoisotopic (exact) mass is 417 g/mol.